The van der Waals surface area contributed by atoms with Gasteiger partial charge in [0, 0.05) is 0 Å². The largest absolute Gasteiger partial charge is 0.510 e. The topological polar surface area (TPSA) is 35.5 Å². The number of carbonyl (C=O) groups is 1. The van der Waals surface area contributed by atoms with E-state index in [0.29, 0.717) is 0 Å². The number of rotatable bonds is 6. The maximum absolute atomic E-state index is 11.8. The Kier molecular flexibility index (Phi) is 2.04. The first-order chi connectivity index (χ1) is 8.81. The van der Waals surface area contributed by atoms with Gasteiger partial charge in [0.05, 0.1) is 0 Å². The number of hydrogen-bond donors (Lipinski definition) is 0. The first kappa shape index (κ1) is 10.2. The first-order valence-electron chi connectivity index (χ1n) is 6.44. The molecule has 0 N–H and O–H groups in total. The van der Waals surface area contributed by atoms with Crippen molar-refractivity contribution in [1.29, 1.82) is 0 Å². The van der Waals surface area contributed by atoms with E-state index in [2.05, 4.69) is 24.3 Å². The van der Waals surface area contributed by atoms with Crippen LogP contribution in [0.25, 0.3) is 0 Å². The molecule has 92 valence electrons. The van der Waals surface area contributed by atoms with E-state index < -0.39 is 6.16 Å². The molecule has 0 aromatic heterocycles. The molecule has 3 nitrogen and oxygen atoms in total. The first-order valence-corrected chi connectivity index (χ1v) is 6.44. The summed E-state index contributed by atoms with van der Waals surface area (Å²) < 4.78 is 10.9. The van der Waals surface area contributed by atoms with Crippen LogP contribution in [0.5, 0.6) is 0 Å². The Balaban J connectivity index is 1.37. The summed E-state index contributed by atoms with van der Waals surface area (Å²) in [6.45, 7) is 0. The fraction of sp³-hybridized carbons (Fsp3) is 0.400. The van der Waals surface area contributed by atoms with Crippen molar-refractivity contribution in [3.63, 3.8) is 0 Å². The zero-order valence-electron chi connectivity index (χ0n) is 10.0. The molecule has 0 fully saturated rings. The van der Waals surface area contributed by atoms with E-state index >= 15 is 0 Å². The van der Waals surface area contributed by atoms with E-state index in [1.54, 1.807) is 0 Å². The molecule has 4 rings (SSSR count). The number of hydrogen-bond acceptors (Lipinski definition) is 3. The minimum Gasteiger partial charge on any atom is -0.422 e. The van der Waals surface area contributed by atoms with Crippen LogP contribution in [-0.2, 0) is 9.47 Å². The van der Waals surface area contributed by atoms with Crippen molar-refractivity contribution in [2.75, 3.05) is 0 Å². The van der Waals surface area contributed by atoms with Crippen molar-refractivity contribution in [1.82, 2.24) is 0 Å². The molecule has 4 aliphatic carbocycles. The molecular weight excluding hydrogens is 228 g/mol. The molecule has 0 bridgehead atoms. The van der Waals surface area contributed by atoms with Crippen LogP contribution in [0.3, 0.4) is 0 Å². The predicted molar refractivity (Wildman–Crippen MR) is 65.9 cm³/mol. The Morgan fingerprint density at radius 2 is 1.06 bits per heavy atom. The third kappa shape index (κ3) is 2.13. The van der Waals surface area contributed by atoms with Crippen LogP contribution in [0.15, 0.2) is 46.6 Å². The highest BCUT2D eigenvalue weighted by molar-refractivity contribution is 5.64. The fourth-order valence-electron chi connectivity index (χ4n) is 2.09. The minimum absolute atomic E-state index is 0.139. The fourth-order valence-corrected chi connectivity index (χ4v) is 2.09. The van der Waals surface area contributed by atoms with E-state index in [1.165, 1.54) is 22.3 Å². The van der Waals surface area contributed by atoms with Crippen molar-refractivity contribution in [3.05, 3.63) is 46.6 Å². The molecule has 0 unspecified atom stereocenters. The van der Waals surface area contributed by atoms with Crippen LogP contribution < -0.4 is 0 Å². The highest BCUT2D eigenvalue weighted by Gasteiger charge is 2.35. The van der Waals surface area contributed by atoms with Crippen LogP contribution in [0.1, 0.15) is 25.7 Å². The van der Waals surface area contributed by atoms with E-state index in [0.717, 1.165) is 25.7 Å². The van der Waals surface area contributed by atoms with Crippen LogP contribution in [0.2, 0.25) is 0 Å². The average Bonchev–Trinajstić information content (AvgIpc) is 3.25. The Morgan fingerprint density at radius 1 is 0.778 bits per heavy atom. The van der Waals surface area contributed by atoms with Crippen molar-refractivity contribution in [3.8, 4) is 0 Å². The average molecular weight is 242 g/mol. The van der Waals surface area contributed by atoms with Crippen molar-refractivity contribution in [2.45, 2.75) is 37.9 Å². The molecule has 18 heavy (non-hydrogen) atoms. The molecule has 0 saturated carbocycles. The lowest BCUT2D eigenvalue weighted by molar-refractivity contribution is 0.0352. The molecule has 0 aromatic rings. The number of carbonyl (C=O) groups excluding carboxylic acids is 1. The lowest BCUT2D eigenvalue weighted by atomic mass is 10.2. The Bertz CT molecular complexity index is 460. The highest BCUT2D eigenvalue weighted by atomic mass is 16.7. The molecular formula is C15H14O3. The standard InChI is InChI=1S/C15H14O3/c16-15(17-13(9-1-2-9)10-3-4-10)18-14(11-5-6-11)12-7-8-12/h1,3,5,7,13-14H,2,4,6,8H2. The predicted octanol–water partition coefficient (Wildman–Crippen LogP) is 3.20. The van der Waals surface area contributed by atoms with Gasteiger partial charge in [-0.25, -0.2) is 4.79 Å². The van der Waals surface area contributed by atoms with Crippen LogP contribution in [-0.4, -0.2) is 18.4 Å². The van der Waals surface area contributed by atoms with E-state index in [1.807, 2.05) is 0 Å². The summed E-state index contributed by atoms with van der Waals surface area (Å²) in [5.41, 5.74) is 4.85. The summed E-state index contributed by atoms with van der Waals surface area (Å²) in [5, 5.41) is 0. The summed E-state index contributed by atoms with van der Waals surface area (Å²) in [4.78, 5) is 11.8. The maximum atomic E-state index is 11.8. The van der Waals surface area contributed by atoms with Gasteiger partial charge in [-0.05, 0) is 48.0 Å². The molecule has 0 spiro atoms. The van der Waals surface area contributed by atoms with Gasteiger partial charge >= 0.3 is 6.16 Å². The molecule has 0 aromatic carbocycles. The normalized spacial score (nSPS) is 21.9. The summed E-state index contributed by atoms with van der Waals surface area (Å²) in [6, 6.07) is 0. The number of ether oxygens (including phenoxy) is 2. The maximum Gasteiger partial charge on any atom is 0.510 e. The summed E-state index contributed by atoms with van der Waals surface area (Å²) in [7, 11) is 0. The molecule has 0 amide bonds. The third-order valence-electron chi connectivity index (χ3n) is 3.53. The zero-order valence-corrected chi connectivity index (χ0v) is 10.0. The van der Waals surface area contributed by atoms with E-state index in [9.17, 15) is 4.79 Å². The quantitative estimate of drug-likeness (QED) is 0.530. The summed E-state index contributed by atoms with van der Waals surface area (Å²) >= 11 is 0. The van der Waals surface area contributed by atoms with Crippen LogP contribution >= 0.6 is 0 Å². The minimum atomic E-state index is -0.536. The second-order valence-electron chi connectivity index (χ2n) is 5.18. The molecule has 0 atom stereocenters. The van der Waals surface area contributed by atoms with Crippen molar-refractivity contribution in [2.24, 2.45) is 0 Å². The monoisotopic (exact) mass is 242 g/mol. The second kappa shape index (κ2) is 3.61. The summed E-state index contributed by atoms with van der Waals surface area (Å²) in [5.74, 6) is 0. The molecule has 0 saturated heterocycles. The molecule has 0 aliphatic heterocycles. The lowest BCUT2D eigenvalue weighted by Gasteiger charge is -2.16. The van der Waals surface area contributed by atoms with Gasteiger partial charge in [0.1, 0.15) is 12.2 Å². The number of allylic oxidation sites excluding steroid dienone is 4. The highest BCUT2D eigenvalue weighted by Crippen LogP contribution is 2.39. The van der Waals surface area contributed by atoms with Crippen LogP contribution in [0, 0.1) is 0 Å². The van der Waals surface area contributed by atoms with E-state index in [-0.39, 0.29) is 12.2 Å². The Hall–Kier alpha value is -1.77. The van der Waals surface area contributed by atoms with Gasteiger partial charge in [0.15, 0.2) is 0 Å². The van der Waals surface area contributed by atoms with Crippen molar-refractivity contribution < 1.29 is 14.3 Å². The smallest absolute Gasteiger partial charge is 0.422 e. The Morgan fingerprint density at radius 3 is 1.28 bits per heavy atom. The van der Waals surface area contributed by atoms with Gasteiger partial charge in [0.25, 0.3) is 0 Å². The van der Waals surface area contributed by atoms with Gasteiger partial charge in [-0.3, -0.25) is 0 Å². The van der Waals surface area contributed by atoms with E-state index in [4.69, 9.17) is 9.47 Å². The molecule has 0 radical (unpaired) electrons. The zero-order chi connectivity index (χ0) is 12.1. The van der Waals surface area contributed by atoms with Crippen molar-refractivity contribution >= 4 is 6.16 Å². The molecule has 4 aliphatic rings. The van der Waals surface area contributed by atoms with Crippen LogP contribution in [0.4, 0.5) is 4.79 Å². The van der Waals surface area contributed by atoms with Gasteiger partial charge in [-0.1, -0.05) is 24.3 Å². The SMILES string of the molecule is O=C(OC(C1=CC1)C1=CC1)OC(C1=CC1)C1=CC1. The molecule has 3 heteroatoms. The third-order valence-corrected chi connectivity index (χ3v) is 3.53. The second-order valence-corrected chi connectivity index (χ2v) is 5.18. The van der Waals surface area contributed by atoms with Gasteiger partial charge in [0.2, 0.25) is 0 Å². The van der Waals surface area contributed by atoms with Gasteiger partial charge in [-0.15, -0.1) is 0 Å². The lowest BCUT2D eigenvalue weighted by Crippen LogP contribution is -2.22. The van der Waals surface area contributed by atoms with Gasteiger partial charge in [-0.2, -0.15) is 0 Å². The van der Waals surface area contributed by atoms with Gasteiger partial charge < -0.3 is 9.47 Å². The summed E-state index contributed by atoms with van der Waals surface area (Å²) in [6.07, 6.45) is 11.4. The Labute approximate surface area is 105 Å². The molecule has 0 heterocycles.